The Hall–Kier alpha value is -3.17. The van der Waals surface area contributed by atoms with E-state index in [4.69, 9.17) is 30.9 Å². The van der Waals surface area contributed by atoms with Crippen LogP contribution in [0.2, 0.25) is 5.02 Å². The van der Waals surface area contributed by atoms with Gasteiger partial charge in [-0.1, -0.05) is 11.6 Å². The Morgan fingerprint density at radius 1 is 1.26 bits per heavy atom. The summed E-state index contributed by atoms with van der Waals surface area (Å²) >= 11 is 7.41. The number of aliphatic imine (C=N–C) groups is 1. The third-order valence-corrected chi connectivity index (χ3v) is 5.11. The van der Waals surface area contributed by atoms with Crippen LogP contribution in [-0.2, 0) is 9.59 Å². The van der Waals surface area contributed by atoms with Crippen molar-refractivity contribution < 1.29 is 28.9 Å². The molecule has 0 bridgehead atoms. The monoisotopic (exact) mass is 462 g/mol. The molecule has 0 unspecified atom stereocenters. The number of thioether (sulfide) groups is 1. The summed E-state index contributed by atoms with van der Waals surface area (Å²) in [7, 11) is 1.41. The van der Waals surface area contributed by atoms with Crippen LogP contribution in [0.3, 0.4) is 0 Å². The number of halogens is 1. The van der Waals surface area contributed by atoms with E-state index in [2.05, 4.69) is 10.3 Å². The molecule has 0 aliphatic carbocycles. The molecule has 2 N–H and O–H groups in total. The average molecular weight is 463 g/mol. The van der Waals surface area contributed by atoms with Gasteiger partial charge in [-0.25, -0.2) is 9.79 Å². The smallest absolute Gasteiger partial charge is 0.341 e. The molecule has 2 aromatic carbocycles. The molecule has 0 aromatic heterocycles. The zero-order chi connectivity index (χ0) is 22.4. The summed E-state index contributed by atoms with van der Waals surface area (Å²) in [6, 6.07) is 10.4. The van der Waals surface area contributed by atoms with Gasteiger partial charge in [0.05, 0.1) is 29.3 Å². The Labute approximate surface area is 187 Å². The van der Waals surface area contributed by atoms with E-state index in [-0.39, 0.29) is 22.4 Å². The zero-order valence-corrected chi connectivity index (χ0v) is 18.2. The summed E-state index contributed by atoms with van der Waals surface area (Å²) in [6.45, 7) is 1.93. The van der Waals surface area contributed by atoms with Crippen molar-refractivity contribution in [3.63, 3.8) is 0 Å². The van der Waals surface area contributed by atoms with Crippen LogP contribution in [0.5, 0.6) is 17.2 Å². The summed E-state index contributed by atoms with van der Waals surface area (Å²) in [5.74, 6) is -0.308. The quantitative estimate of drug-likeness (QED) is 0.568. The van der Waals surface area contributed by atoms with Crippen molar-refractivity contribution in [3.05, 3.63) is 51.9 Å². The highest BCUT2D eigenvalue weighted by Crippen LogP contribution is 2.38. The first-order valence-corrected chi connectivity index (χ1v) is 10.3. The van der Waals surface area contributed by atoms with Crippen molar-refractivity contribution in [1.29, 1.82) is 0 Å². The Morgan fingerprint density at radius 3 is 2.65 bits per heavy atom. The van der Waals surface area contributed by atoms with Gasteiger partial charge in [0.1, 0.15) is 5.75 Å². The Morgan fingerprint density at radius 2 is 2.00 bits per heavy atom. The van der Waals surface area contributed by atoms with Gasteiger partial charge < -0.3 is 24.6 Å². The van der Waals surface area contributed by atoms with Gasteiger partial charge in [0.2, 0.25) is 0 Å². The number of amides is 1. The first-order valence-electron chi connectivity index (χ1n) is 9.14. The van der Waals surface area contributed by atoms with Crippen molar-refractivity contribution in [3.8, 4) is 17.2 Å². The molecule has 1 aliphatic rings. The second-order valence-corrected chi connectivity index (χ2v) is 7.56. The number of methoxy groups -OCH3 is 1. The average Bonchev–Trinajstić information content (AvgIpc) is 3.07. The van der Waals surface area contributed by atoms with E-state index < -0.39 is 12.6 Å². The van der Waals surface area contributed by atoms with Crippen LogP contribution < -0.4 is 19.5 Å². The molecule has 1 heterocycles. The summed E-state index contributed by atoms with van der Waals surface area (Å²) in [5, 5.41) is 12.1. The topological polar surface area (TPSA) is 106 Å². The van der Waals surface area contributed by atoms with Gasteiger partial charge in [-0.3, -0.25) is 4.79 Å². The van der Waals surface area contributed by atoms with Gasteiger partial charge in [-0.15, -0.1) is 0 Å². The molecule has 8 nitrogen and oxygen atoms in total. The highest BCUT2D eigenvalue weighted by Gasteiger charge is 2.24. The van der Waals surface area contributed by atoms with Crippen molar-refractivity contribution >= 4 is 52.2 Å². The molecule has 31 heavy (non-hydrogen) atoms. The molecule has 1 aliphatic heterocycles. The van der Waals surface area contributed by atoms with Crippen LogP contribution in [0.15, 0.2) is 46.3 Å². The molecule has 1 fully saturated rings. The third kappa shape index (κ3) is 5.93. The molecular weight excluding hydrogens is 444 g/mol. The Bertz CT molecular complexity index is 1050. The minimum atomic E-state index is -1.14. The lowest BCUT2D eigenvalue weighted by Gasteiger charge is -2.12. The van der Waals surface area contributed by atoms with Crippen LogP contribution in [0.25, 0.3) is 6.08 Å². The van der Waals surface area contributed by atoms with Gasteiger partial charge in [0, 0.05) is 0 Å². The molecule has 0 saturated carbocycles. The van der Waals surface area contributed by atoms with Crippen LogP contribution in [0.1, 0.15) is 12.5 Å². The fourth-order valence-electron chi connectivity index (χ4n) is 2.63. The molecule has 3 rings (SSSR count). The van der Waals surface area contributed by atoms with Crippen LogP contribution in [0.4, 0.5) is 5.69 Å². The van der Waals surface area contributed by atoms with Crippen molar-refractivity contribution in [2.24, 2.45) is 4.99 Å². The minimum Gasteiger partial charge on any atom is -0.494 e. The lowest BCUT2D eigenvalue weighted by atomic mass is 10.2. The first kappa shape index (κ1) is 22.5. The van der Waals surface area contributed by atoms with E-state index >= 15 is 0 Å². The van der Waals surface area contributed by atoms with Crippen LogP contribution in [0, 0.1) is 0 Å². The maximum atomic E-state index is 12.3. The molecule has 0 radical (unpaired) electrons. The maximum Gasteiger partial charge on any atom is 0.341 e. The number of benzene rings is 2. The lowest BCUT2D eigenvalue weighted by molar-refractivity contribution is -0.139. The number of carboxylic acids is 1. The van der Waals surface area contributed by atoms with Gasteiger partial charge in [0.25, 0.3) is 5.91 Å². The van der Waals surface area contributed by atoms with Gasteiger partial charge >= 0.3 is 5.97 Å². The van der Waals surface area contributed by atoms with Gasteiger partial charge in [0.15, 0.2) is 23.3 Å². The molecule has 1 amide bonds. The molecule has 2 aromatic rings. The lowest BCUT2D eigenvalue weighted by Crippen LogP contribution is -2.19. The number of ether oxygens (including phenoxy) is 3. The van der Waals surface area contributed by atoms with Crippen LogP contribution in [-0.4, -0.2) is 42.5 Å². The number of rotatable bonds is 8. The summed E-state index contributed by atoms with van der Waals surface area (Å²) in [4.78, 5) is 27.9. The van der Waals surface area contributed by atoms with Gasteiger partial charge in [-0.2, -0.15) is 0 Å². The standard InChI is InChI=1S/C21H19ClN2O6S/c1-3-29-14-6-4-13(5-7-14)23-21-24-20(27)17(31-21)10-12-8-15(22)19(16(9-12)28-2)30-11-18(25)26/h4-10H,3,11H2,1-2H3,(H,25,26)(H,23,24,27)/b17-10+. The van der Waals surface area contributed by atoms with Crippen molar-refractivity contribution in [1.82, 2.24) is 5.32 Å². The predicted molar refractivity (Wildman–Crippen MR) is 120 cm³/mol. The summed E-state index contributed by atoms with van der Waals surface area (Å²) in [6.07, 6.45) is 1.64. The van der Waals surface area contributed by atoms with E-state index in [0.29, 0.717) is 27.9 Å². The van der Waals surface area contributed by atoms with E-state index in [1.807, 2.05) is 19.1 Å². The minimum absolute atomic E-state index is 0.120. The number of carboxylic acid groups (broad SMARTS) is 1. The van der Waals surface area contributed by atoms with E-state index in [1.165, 1.54) is 18.9 Å². The SMILES string of the molecule is CCOc1ccc(N=C2NC(=O)/C(=C\c3cc(Cl)c(OCC(=O)O)c(OC)c3)S2)cc1. The van der Waals surface area contributed by atoms with E-state index in [0.717, 1.165) is 5.75 Å². The number of nitrogens with one attached hydrogen (secondary N) is 1. The predicted octanol–water partition coefficient (Wildman–Crippen LogP) is 4.10. The molecular formula is C21H19ClN2O6S. The first-order chi connectivity index (χ1) is 14.9. The fourth-order valence-corrected chi connectivity index (χ4v) is 3.75. The Balaban J connectivity index is 1.79. The van der Waals surface area contributed by atoms with Gasteiger partial charge in [-0.05, 0) is 66.7 Å². The molecule has 0 spiro atoms. The number of hydrogen-bond acceptors (Lipinski definition) is 7. The molecule has 0 atom stereocenters. The molecule has 10 heteroatoms. The van der Waals surface area contributed by atoms with Crippen molar-refractivity contribution in [2.45, 2.75) is 6.92 Å². The summed E-state index contributed by atoms with van der Waals surface area (Å²) < 4.78 is 15.8. The zero-order valence-electron chi connectivity index (χ0n) is 16.7. The molecule has 162 valence electrons. The number of nitrogens with zero attached hydrogens (tertiary/aromatic N) is 1. The maximum absolute atomic E-state index is 12.3. The largest absolute Gasteiger partial charge is 0.494 e. The number of carbonyl (C=O) groups excluding carboxylic acids is 1. The number of carbonyl (C=O) groups is 2. The van der Waals surface area contributed by atoms with Crippen molar-refractivity contribution in [2.75, 3.05) is 20.3 Å². The number of amidine groups is 1. The second-order valence-electron chi connectivity index (χ2n) is 6.13. The normalized spacial score (nSPS) is 15.8. The Kier molecular flexibility index (Phi) is 7.43. The van der Waals surface area contributed by atoms with E-state index in [1.54, 1.807) is 30.3 Å². The fraction of sp³-hybridized carbons (Fsp3) is 0.190. The highest BCUT2D eigenvalue weighted by atomic mass is 35.5. The summed E-state index contributed by atoms with van der Waals surface area (Å²) in [5.41, 5.74) is 1.27. The third-order valence-electron chi connectivity index (χ3n) is 3.92. The molecule has 1 saturated heterocycles. The second kappa shape index (κ2) is 10.2. The number of aliphatic carboxylic acids is 1. The van der Waals surface area contributed by atoms with Crippen LogP contribution >= 0.6 is 23.4 Å². The number of hydrogen-bond donors (Lipinski definition) is 2. The highest BCUT2D eigenvalue weighted by molar-refractivity contribution is 8.18. The van der Waals surface area contributed by atoms with E-state index in [9.17, 15) is 9.59 Å².